The number of carboxylic acids is 1. The summed E-state index contributed by atoms with van der Waals surface area (Å²) in [6, 6.07) is 0. The van der Waals surface area contributed by atoms with Gasteiger partial charge in [-0.15, -0.1) is 0 Å². The van der Waals surface area contributed by atoms with Gasteiger partial charge in [0.15, 0.2) is 0 Å². The molecule has 2 aliphatic rings. The third-order valence-electron chi connectivity index (χ3n) is 5.16. The molecule has 1 aliphatic heterocycles. The van der Waals surface area contributed by atoms with Crippen LogP contribution in [-0.2, 0) is 20.9 Å². The monoisotopic (exact) mass is 350 g/mol. The Balaban J connectivity index is 1.59. The highest BCUT2D eigenvalue weighted by Crippen LogP contribution is 2.31. The van der Waals surface area contributed by atoms with Crippen LogP contribution < -0.4 is 0 Å². The van der Waals surface area contributed by atoms with Crippen LogP contribution in [0, 0.1) is 25.7 Å². The van der Waals surface area contributed by atoms with Crippen molar-refractivity contribution in [2.24, 2.45) is 11.8 Å². The van der Waals surface area contributed by atoms with E-state index in [0.29, 0.717) is 39.1 Å². The Morgan fingerprint density at radius 2 is 2.04 bits per heavy atom. The van der Waals surface area contributed by atoms with Gasteiger partial charge >= 0.3 is 5.97 Å². The Hall–Kier alpha value is -1.96. The second-order valence-electron chi connectivity index (χ2n) is 7.06. The molecular weight excluding hydrogens is 324 g/mol. The number of carbonyl (C=O) groups excluding carboxylic acids is 1. The molecule has 0 radical (unpaired) electrons. The lowest BCUT2D eigenvalue weighted by atomic mass is 9.80. The molecule has 1 N–H and O–H groups in total. The van der Waals surface area contributed by atoms with Crippen molar-refractivity contribution in [3.63, 3.8) is 0 Å². The second-order valence-corrected chi connectivity index (χ2v) is 7.06. The Morgan fingerprint density at radius 3 is 2.72 bits per heavy atom. The van der Waals surface area contributed by atoms with Gasteiger partial charge in [-0.25, -0.2) is 9.67 Å². The van der Waals surface area contributed by atoms with Crippen molar-refractivity contribution >= 4 is 11.9 Å². The van der Waals surface area contributed by atoms with Crippen LogP contribution in [0.1, 0.15) is 37.3 Å². The molecule has 1 amide bonds. The average molecular weight is 350 g/mol. The van der Waals surface area contributed by atoms with Crippen molar-refractivity contribution in [1.82, 2.24) is 19.7 Å². The van der Waals surface area contributed by atoms with E-state index in [9.17, 15) is 14.7 Å². The summed E-state index contributed by atoms with van der Waals surface area (Å²) in [6.07, 6.45) is 2.61. The summed E-state index contributed by atoms with van der Waals surface area (Å²) >= 11 is 0. The number of hydrogen-bond acceptors (Lipinski definition) is 5. The van der Waals surface area contributed by atoms with Gasteiger partial charge in [-0.3, -0.25) is 9.59 Å². The van der Waals surface area contributed by atoms with Crippen LogP contribution in [0.4, 0.5) is 0 Å². The fraction of sp³-hybridized carbons (Fsp3) is 0.765. The van der Waals surface area contributed by atoms with Gasteiger partial charge in [0.1, 0.15) is 11.6 Å². The van der Waals surface area contributed by atoms with E-state index in [-0.39, 0.29) is 23.8 Å². The molecule has 25 heavy (non-hydrogen) atoms. The molecule has 1 saturated carbocycles. The number of aromatic nitrogens is 3. The third kappa shape index (κ3) is 4.18. The fourth-order valence-corrected chi connectivity index (χ4v) is 3.85. The smallest absolute Gasteiger partial charge is 0.306 e. The van der Waals surface area contributed by atoms with E-state index in [1.807, 2.05) is 23.4 Å². The van der Waals surface area contributed by atoms with Crippen molar-refractivity contribution in [2.75, 3.05) is 19.7 Å². The first-order valence-electron chi connectivity index (χ1n) is 8.95. The van der Waals surface area contributed by atoms with Gasteiger partial charge in [0.2, 0.25) is 5.91 Å². The van der Waals surface area contributed by atoms with E-state index in [0.717, 1.165) is 24.5 Å². The van der Waals surface area contributed by atoms with Crippen LogP contribution in [0.3, 0.4) is 0 Å². The molecule has 2 fully saturated rings. The summed E-state index contributed by atoms with van der Waals surface area (Å²) in [7, 11) is 0. The highest BCUT2D eigenvalue weighted by molar-refractivity contribution is 5.80. The molecule has 1 aliphatic carbocycles. The minimum Gasteiger partial charge on any atom is -0.481 e. The molecule has 2 heterocycles. The highest BCUT2D eigenvalue weighted by Gasteiger charge is 2.35. The number of nitrogens with zero attached hydrogens (tertiary/aromatic N) is 4. The van der Waals surface area contributed by atoms with Gasteiger partial charge in [-0.1, -0.05) is 6.42 Å². The summed E-state index contributed by atoms with van der Waals surface area (Å²) in [5.74, 6) is 0.286. The molecular formula is C17H26N4O4. The maximum absolute atomic E-state index is 12.8. The lowest BCUT2D eigenvalue weighted by Gasteiger charge is -2.36. The molecule has 138 valence electrons. The number of rotatable bonds is 4. The Kier molecular flexibility index (Phi) is 5.36. The Morgan fingerprint density at radius 1 is 1.28 bits per heavy atom. The Bertz CT molecular complexity index is 645. The van der Waals surface area contributed by atoms with Crippen LogP contribution in [0.15, 0.2) is 0 Å². The second kappa shape index (κ2) is 7.51. The van der Waals surface area contributed by atoms with E-state index in [1.165, 1.54) is 0 Å². The van der Waals surface area contributed by atoms with E-state index >= 15 is 0 Å². The molecule has 3 atom stereocenters. The molecule has 8 heteroatoms. The zero-order valence-corrected chi connectivity index (χ0v) is 14.8. The van der Waals surface area contributed by atoms with Crippen molar-refractivity contribution in [3.8, 4) is 0 Å². The van der Waals surface area contributed by atoms with E-state index in [2.05, 4.69) is 10.1 Å². The fourth-order valence-electron chi connectivity index (χ4n) is 3.85. The molecule has 0 spiro atoms. The number of ether oxygens (including phenoxy) is 1. The maximum atomic E-state index is 12.8. The van der Waals surface area contributed by atoms with Gasteiger partial charge in [0.05, 0.1) is 25.2 Å². The topological polar surface area (TPSA) is 97.6 Å². The number of hydrogen-bond donors (Lipinski definition) is 1. The average Bonchev–Trinajstić information content (AvgIpc) is 2.91. The van der Waals surface area contributed by atoms with Gasteiger partial charge in [-0.05, 0) is 33.1 Å². The van der Waals surface area contributed by atoms with Crippen molar-refractivity contribution in [2.45, 2.75) is 52.2 Å². The van der Waals surface area contributed by atoms with E-state index < -0.39 is 5.97 Å². The molecule has 0 aromatic carbocycles. The summed E-state index contributed by atoms with van der Waals surface area (Å²) < 4.78 is 7.61. The minimum atomic E-state index is -0.783. The number of carbonyl (C=O) groups is 2. The van der Waals surface area contributed by atoms with Crippen molar-refractivity contribution in [3.05, 3.63) is 11.6 Å². The van der Waals surface area contributed by atoms with Gasteiger partial charge < -0.3 is 14.7 Å². The van der Waals surface area contributed by atoms with Crippen LogP contribution >= 0.6 is 0 Å². The SMILES string of the molecule is Cc1nc(C)n(CC2CN(C(=O)C3CCCC(C(=O)O)C3)CCO2)n1. The van der Waals surface area contributed by atoms with Crippen molar-refractivity contribution < 1.29 is 19.4 Å². The molecule has 3 unspecified atom stereocenters. The normalized spacial score (nSPS) is 27.3. The van der Waals surface area contributed by atoms with Crippen LogP contribution in [0.25, 0.3) is 0 Å². The number of aryl methyl sites for hydroxylation is 2. The first-order valence-corrected chi connectivity index (χ1v) is 8.95. The number of aliphatic carboxylic acids is 1. The summed E-state index contributed by atoms with van der Waals surface area (Å²) in [4.78, 5) is 30.2. The summed E-state index contributed by atoms with van der Waals surface area (Å²) in [5, 5.41) is 13.6. The predicted molar refractivity (Wildman–Crippen MR) is 88.9 cm³/mol. The standard InChI is InChI=1S/C17H26N4O4/c1-11-18-12(2)21(19-11)10-15-9-20(6-7-25-15)16(22)13-4-3-5-14(8-13)17(23)24/h13-15H,3-10H2,1-2H3,(H,23,24). The lowest BCUT2D eigenvalue weighted by Crippen LogP contribution is -2.49. The third-order valence-corrected chi connectivity index (χ3v) is 5.16. The molecule has 8 nitrogen and oxygen atoms in total. The Labute approximate surface area is 147 Å². The minimum absolute atomic E-state index is 0.0748. The number of carboxylic acid groups (broad SMARTS) is 1. The van der Waals surface area contributed by atoms with Crippen LogP contribution in [0.5, 0.6) is 0 Å². The summed E-state index contributed by atoms with van der Waals surface area (Å²) in [6.45, 7) is 5.91. The number of amides is 1. The molecule has 3 rings (SSSR count). The van der Waals surface area contributed by atoms with E-state index in [1.54, 1.807) is 0 Å². The predicted octanol–water partition coefficient (Wildman–Crippen LogP) is 1.01. The molecule has 1 saturated heterocycles. The highest BCUT2D eigenvalue weighted by atomic mass is 16.5. The number of morpholine rings is 1. The van der Waals surface area contributed by atoms with Gasteiger partial charge in [-0.2, -0.15) is 5.10 Å². The maximum Gasteiger partial charge on any atom is 0.306 e. The van der Waals surface area contributed by atoms with Gasteiger partial charge in [0.25, 0.3) is 0 Å². The largest absolute Gasteiger partial charge is 0.481 e. The zero-order valence-electron chi connectivity index (χ0n) is 14.8. The quantitative estimate of drug-likeness (QED) is 0.870. The summed E-state index contributed by atoms with van der Waals surface area (Å²) in [5.41, 5.74) is 0. The molecule has 0 bridgehead atoms. The van der Waals surface area contributed by atoms with E-state index in [4.69, 9.17) is 4.74 Å². The van der Waals surface area contributed by atoms with Gasteiger partial charge in [0, 0.05) is 19.0 Å². The first-order chi connectivity index (χ1) is 11.9. The van der Waals surface area contributed by atoms with Crippen LogP contribution in [-0.4, -0.2) is 62.4 Å². The molecule has 1 aromatic heterocycles. The lowest BCUT2D eigenvalue weighted by molar-refractivity contribution is -0.148. The van der Waals surface area contributed by atoms with Crippen LogP contribution in [0.2, 0.25) is 0 Å². The van der Waals surface area contributed by atoms with Crippen molar-refractivity contribution in [1.29, 1.82) is 0 Å². The zero-order chi connectivity index (χ0) is 18.0. The first kappa shape index (κ1) is 17.8. The molecule has 1 aromatic rings.